The van der Waals surface area contributed by atoms with Crippen LogP contribution in [-0.4, -0.2) is 44.4 Å². The van der Waals surface area contributed by atoms with Crippen molar-refractivity contribution >= 4 is 34.3 Å². The van der Waals surface area contributed by atoms with Crippen molar-refractivity contribution < 1.29 is 18.5 Å². The minimum absolute atomic E-state index is 0.00645. The predicted molar refractivity (Wildman–Crippen MR) is 120 cm³/mol. The first-order valence-electron chi connectivity index (χ1n) is 10.2. The van der Waals surface area contributed by atoms with Gasteiger partial charge in [-0.05, 0) is 30.5 Å². The Morgan fingerprint density at radius 1 is 1.19 bits per heavy atom. The number of esters is 1. The van der Waals surface area contributed by atoms with Crippen LogP contribution < -0.4 is 0 Å². The third-order valence-electron chi connectivity index (χ3n) is 6.10. The molecule has 2 fully saturated rings. The summed E-state index contributed by atoms with van der Waals surface area (Å²) in [5, 5.41) is 0. The molecule has 5 nitrogen and oxygen atoms in total. The largest absolute Gasteiger partial charge is 0.466 e. The Hall–Kier alpha value is -2.44. The van der Waals surface area contributed by atoms with E-state index in [0.29, 0.717) is 24.2 Å². The van der Waals surface area contributed by atoms with E-state index < -0.39 is 21.0 Å². The Morgan fingerprint density at radius 3 is 2.48 bits per heavy atom. The van der Waals surface area contributed by atoms with E-state index in [9.17, 15) is 13.8 Å². The lowest BCUT2D eigenvalue weighted by Crippen LogP contribution is -2.61. The van der Waals surface area contributed by atoms with E-state index in [4.69, 9.17) is 11.6 Å². The molecule has 2 heterocycles. The average Bonchev–Trinajstić information content (AvgIpc) is 3.06. The molecule has 31 heavy (non-hydrogen) atoms. The zero-order chi connectivity index (χ0) is 22.0. The summed E-state index contributed by atoms with van der Waals surface area (Å²) < 4.78 is 17.1. The smallest absolute Gasteiger partial charge is 0.330 e. The number of fused-ring (bicyclic) bond motifs is 1. The van der Waals surface area contributed by atoms with Gasteiger partial charge in [-0.15, -0.1) is 11.6 Å². The van der Waals surface area contributed by atoms with Crippen LogP contribution in [0.25, 0.3) is 0 Å². The van der Waals surface area contributed by atoms with Crippen molar-refractivity contribution in [1.29, 1.82) is 0 Å². The fraction of sp³-hybridized carbons (Fsp3) is 0.333. The van der Waals surface area contributed by atoms with E-state index in [1.54, 1.807) is 6.08 Å². The van der Waals surface area contributed by atoms with Gasteiger partial charge in [-0.25, -0.2) is 4.79 Å². The van der Waals surface area contributed by atoms with Crippen molar-refractivity contribution in [3.63, 3.8) is 0 Å². The van der Waals surface area contributed by atoms with Crippen LogP contribution in [0.4, 0.5) is 0 Å². The molecule has 0 saturated carbocycles. The maximum atomic E-state index is 13.6. The molecule has 0 spiro atoms. The highest BCUT2D eigenvalue weighted by Gasteiger charge is 2.64. The number of alkyl halides is 1. The number of halogens is 1. The number of methoxy groups -OCH3 is 1. The molecule has 2 aromatic carbocycles. The lowest BCUT2D eigenvalue weighted by Gasteiger charge is -2.45. The number of carbonyl (C=O) groups excluding carboxylic acids is 2. The van der Waals surface area contributed by atoms with Crippen LogP contribution >= 0.6 is 11.6 Å². The Morgan fingerprint density at radius 2 is 1.84 bits per heavy atom. The minimum atomic E-state index is -1.49. The summed E-state index contributed by atoms with van der Waals surface area (Å²) in [6.07, 6.45) is 4.41. The van der Waals surface area contributed by atoms with Gasteiger partial charge in [0.1, 0.15) is 4.21 Å². The van der Waals surface area contributed by atoms with Crippen molar-refractivity contribution in [3.05, 3.63) is 78.4 Å². The third-order valence-corrected chi connectivity index (χ3v) is 8.68. The standard InChI is InChI=1S/C24H24ClNO4S/c1-30-22(27)14-8-13-19-20-16-24(25,31(29)18-11-6-3-7-12-18)21(26(20)23(19)28)15-17-9-4-2-5-10-17/h2-12,14,19-21H,13,15-16H2,1H3. The molecule has 7 heteroatoms. The minimum Gasteiger partial charge on any atom is -0.466 e. The Labute approximate surface area is 189 Å². The summed E-state index contributed by atoms with van der Waals surface area (Å²) in [5.41, 5.74) is 1.05. The van der Waals surface area contributed by atoms with E-state index >= 15 is 0 Å². The molecule has 2 saturated heterocycles. The Bertz CT molecular complexity index is 1010. The van der Waals surface area contributed by atoms with Gasteiger partial charge in [-0.3, -0.25) is 9.00 Å². The number of hydrogen-bond acceptors (Lipinski definition) is 4. The molecule has 5 unspecified atom stereocenters. The second kappa shape index (κ2) is 8.97. The number of rotatable bonds is 7. The van der Waals surface area contributed by atoms with Crippen molar-refractivity contribution in [2.75, 3.05) is 7.11 Å². The summed E-state index contributed by atoms with van der Waals surface area (Å²) in [7, 11) is -0.180. The van der Waals surface area contributed by atoms with Crippen molar-refractivity contribution in [3.8, 4) is 0 Å². The molecular formula is C24H24ClNO4S. The van der Waals surface area contributed by atoms with Crippen molar-refractivity contribution in [2.24, 2.45) is 5.92 Å². The summed E-state index contributed by atoms with van der Waals surface area (Å²) in [5.74, 6) is -0.727. The molecule has 0 radical (unpaired) electrons. The molecule has 4 rings (SSSR count). The first kappa shape index (κ1) is 21.8. The maximum Gasteiger partial charge on any atom is 0.330 e. The Balaban J connectivity index is 1.62. The van der Waals surface area contributed by atoms with Crippen LogP contribution in [0.1, 0.15) is 18.4 Å². The number of hydrogen-bond donors (Lipinski definition) is 0. The summed E-state index contributed by atoms with van der Waals surface area (Å²) >= 11 is 7.15. The van der Waals surface area contributed by atoms with Gasteiger partial charge < -0.3 is 9.64 Å². The van der Waals surface area contributed by atoms with Gasteiger partial charge in [-0.1, -0.05) is 54.6 Å². The van der Waals surface area contributed by atoms with E-state index in [-0.39, 0.29) is 23.9 Å². The molecule has 0 aromatic heterocycles. The Kier molecular flexibility index (Phi) is 6.30. The van der Waals surface area contributed by atoms with E-state index in [1.807, 2.05) is 65.6 Å². The number of benzene rings is 2. The highest BCUT2D eigenvalue weighted by atomic mass is 35.5. The number of carbonyl (C=O) groups is 2. The molecule has 0 aliphatic carbocycles. The third kappa shape index (κ3) is 4.06. The molecule has 0 bridgehead atoms. The highest BCUT2D eigenvalue weighted by molar-refractivity contribution is 7.88. The summed E-state index contributed by atoms with van der Waals surface area (Å²) in [6, 6.07) is 18.5. The first-order valence-corrected chi connectivity index (χ1v) is 11.7. The number of β-lactam (4-membered cyclic amide) rings is 1. The number of nitrogens with zero attached hydrogens (tertiary/aromatic N) is 1. The second-order valence-corrected chi connectivity index (χ2v) is 10.5. The molecule has 162 valence electrons. The van der Waals surface area contributed by atoms with Crippen LogP contribution in [0.2, 0.25) is 0 Å². The topological polar surface area (TPSA) is 63.7 Å². The number of ether oxygens (including phenoxy) is 1. The number of amides is 1. The summed E-state index contributed by atoms with van der Waals surface area (Å²) in [6.45, 7) is 0. The fourth-order valence-corrected chi connectivity index (χ4v) is 6.72. The lowest BCUT2D eigenvalue weighted by molar-refractivity contribution is -0.155. The van der Waals surface area contributed by atoms with Crippen molar-refractivity contribution in [2.45, 2.75) is 40.4 Å². The zero-order valence-corrected chi connectivity index (χ0v) is 18.7. The van der Waals surface area contributed by atoms with Crippen LogP contribution in [0.15, 0.2) is 77.7 Å². The van der Waals surface area contributed by atoms with Crippen LogP contribution in [-0.2, 0) is 31.5 Å². The van der Waals surface area contributed by atoms with E-state index in [0.717, 1.165) is 5.56 Å². The predicted octanol–water partition coefficient (Wildman–Crippen LogP) is 3.69. The molecular weight excluding hydrogens is 434 g/mol. The molecule has 5 atom stereocenters. The van der Waals surface area contributed by atoms with Gasteiger partial charge in [0, 0.05) is 23.4 Å². The van der Waals surface area contributed by atoms with Gasteiger partial charge in [0.05, 0.1) is 29.9 Å². The fourth-order valence-electron chi connectivity index (χ4n) is 4.55. The quantitative estimate of drug-likeness (QED) is 0.275. The van der Waals surface area contributed by atoms with Gasteiger partial charge in [0.25, 0.3) is 0 Å². The average molecular weight is 458 g/mol. The second-order valence-electron chi connectivity index (χ2n) is 7.86. The molecule has 2 aromatic rings. The van der Waals surface area contributed by atoms with E-state index in [2.05, 4.69) is 4.74 Å². The van der Waals surface area contributed by atoms with Crippen LogP contribution in [0.3, 0.4) is 0 Å². The maximum absolute atomic E-state index is 13.6. The highest BCUT2D eigenvalue weighted by Crippen LogP contribution is 2.52. The molecule has 1 amide bonds. The van der Waals surface area contributed by atoms with Gasteiger partial charge in [0.2, 0.25) is 5.91 Å². The monoisotopic (exact) mass is 457 g/mol. The molecule has 2 aliphatic heterocycles. The van der Waals surface area contributed by atoms with Gasteiger partial charge in [0.15, 0.2) is 0 Å². The first-order chi connectivity index (χ1) is 15.0. The van der Waals surface area contributed by atoms with Crippen LogP contribution in [0.5, 0.6) is 0 Å². The van der Waals surface area contributed by atoms with E-state index in [1.165, 1.54) is 13.2 Å². The molecule has 2 aliphatic rings. The SMILES string of the molecule is COC(=O)C=CCC1C(=O)N2C1CC(Cl)(S(=O)c1ccccc1)C2Cc1ccccc1. The lowest BCUT2D eigenvalue weighted by atomic mass is 9.85. The zero-order valence-electron chi connectivity index (χ0n) is 17.1. The van der Waals surface area contributed by atoms with Gasteiger partial charge >= 0.3 is 5.97 Å². The van der Waals surface area contributed by atoms with Crippen molar-refractivity contribution in [1.82, 2.24) is 4.90 Å². The normalized spacial score (nSPS) is 28.3. The summed E-state index contributed by atoms with van der Waals surface area (Å²) in [4.78, 5) is 26.9. The number of allylic oxidation sites excluding steroid dienone is 1. The van der Waals surface area contributed by atoms with Crippen LogP contribution in [0, 0.1) is 5.92 Å². The molecule has 0 N–H and O–H groups in total. The van der Waals surface area contributed by atoms with Gasteiger partial charge in [-0.2, -0.15) is 0 Å².